The molecule has 8 nitrogen and oxygen atoms in total. The number of aryl methyl sites for hydroxylation is 2. The van der Waals surface area contributed by atoms with E-state index in [4.69, 9.17) is 16.3 Å². The Balaban J connectivity index is 1.80. The first-order chi connectivity index (χ1) is 19.0. The van der Waals surface area contributed by atoms with Crippen molar-refractivity contribution >= 4 is 21.4 Å². The first-order valence-corrected chi connectivity index (χ1v) is 14.3. The summed E-state index contributed by atoms with van der Waals surface area (Å²) in [5.41, 5.74) is 2.66. The monoisotopic (exact) mass is 583 g/mol. The van der Waals surface area contributed by atoms with Gasteiger partial charge < -0.3 is 4.74 Å². The normalized spacial score (nSPS) is 11.8. The molecule has 40 heavy (non-hydrogen) atoms. The van der Waals surface area contributed by atoms with E-state index in [0.717, 1.165) is 17.9 Å². The van der Waals surface area contributed by atoms with Gasteiger partial charge in [0.25, 0.3) is 0 Å². The fourth-order valence-electron chi connectivity index (χ4n) is 4.62. The first-order valence-electron chi connectivity index (χ1n) is 12.0. The maximum absolute atomic E-state index is 16.1. The Bertz CT molecular complexity index is 1850. The molecule has 12 heteroatoms. The second-order valence-corrected chi connectivity index (χ2v) is 11.7. The topological polar surface area (TPSA) is 91.9 Å². The summed E-state index contributed by atoms with van der Waals surface area (Å²) in [6.45, 7) is 3.30. The second-order valence-electron chi connectivity index (χ2n) is 9.30. The van der Waals surface area contributed by atoms with Gasteiger partial charge in [-0.1, -0.05) is 28.9 Å². The summed E-state index contributed by atoms with van der Waals surface area (Å²) in [5.74, 6) is -0.907. The molecule has 0 aliphatic carbocycles. The number of hydrogen-bond donors (Lipinski definition) is 0. The van der Waals surface area contributed by atoms with E-state index in [1.54, 1.807) is 54.9 Å². The molecule has 0 radical (unpaired) electrons. The molecule has 0 amide bonds. The minimum atomic E-state index is -3.84. The Hall–Kier alpha value is -3.93. The van der Waals surface area contributed by atoms with Gasteiger partial charge in [0.2, 0.25) is 0 Å². The number of sulfone groups is 1. The zero-order valence-electron chi connectivity index (χ0n) is 22.0. The molecule has 0 saturated carbocycles. The number of nitrogens with zero attached hydrogens (tertiary/aromatic N) is 5. The van der Waals surface area contributed by atoms with Crippen molar-refractivity contribution in [3.8, 4) is 33.8 Å². The number of aromatic nitrogens is 5. The van der Waals surface area contributed by atoms with Gasteiger partial charge in [0.15, 0.2) is 9.84 Å². The lowest BCUT2D eigenvalue weighted by Crippen LogP contribution is -2.10. The number of methoxy groups -OCH3 is 1. The average Bonchev–Trinajstić information content (AvgIpc) is 3.50. The third-order valence-corrected chi connectivity index (χ3v) is 7.80. The fraction of sp³-hybridized carbons (Fsp3) is 0.179. The Morgan fingerprint density at radius 1 is 0.975 bits per heavy atom. The quantitative estimate of drug-likeness (QED) is 0.237. The van der Waals surface area contributed by atoms with Crippen molar-refractivity contribution in [1.29, 1.82) is 0 Å². The number of rotatable bonds is 7. The van der Waals surface area contributed by atoms with Gasteiger partial charge in [-0.25, -0.2) is 26.9 Å². The van der Waals surface area contributed by atoms with E-state index in [0.29, 0.717) is 22.2 Å². The number of ether oxygens (including phenoxy) is 1. The SMILES string of the molecule is COCc1c(F)cc(-c2cc(F)c(-n3cc(C)nc3C)c(-n3nncc3-c3ccc(Cl)cc3)c2)cc1S(C)(=O)=O. The van der Waals surface area contributed by atoms with Gasteiger partial charge in [0.05, 0.1) is 34.8 Å². The van der Waals surface area contributed by atoms with Crippen LogP contribution < -0.4 is 0 Å². The van der Waals surface area contributed by atoms with Crippen molar-refractivity contribution < 1.29 is 21.9 Å². The number of imidazole rings is 1. The Kier molecular flexibility index (Phi) is 7.30. The Morgan fingerprint density at radius 2 is 1.65 bits per heavy atom. The van der Waals surface area contributed by atoms with E-state index in [1.807, 2.05) is 0 Å². The highest BCUT2D eigenvalue weighted by Gasteiger charge is 2.24. The van der Waals surface area contributed by atoms with Crippen LogP contribution in [0.15, 0.2) is 65.8 Å². The standard InChI is InChI=1S/C28H24ClF2N5O3S/c1-16-14-35(17(2)33-16)28-24(31)10-19(20-9-23(30)22(15-39-3)27(12-20)40(4,37)38)11-25(28)36-26(13-32-34-36)18-5-7-21(29)8-6-18/h5-14H,15H2,1-4H3. The van der Waals surface area contributed by atoms with Gasteiger partial charge in [0, 0.05) is 35.7 Å². The van der Waals surface area contributed by atoms with Crippen LogP contribution in [0.3, 0.4) is 0 Å². The second kappa shape index (κ2) is 10.6. The summed E-state index contributed by atoms with van der Waals surface area (Å²) in [5, 5.41) is 8.85. The fourth-order valence-corrected chi connectivity index (χ4v) is 5.69. The van der Waals surface area contributed by atoms with E-state index in [1.165, 1.54) is 30.1 Å². The van der Waals surface area contributed by atoms with Crippen LogP contribution in [0.2, 0.25) is 5.02 Å². The van der Waals surface area contributed by atoms with E-state index in [-0.39, 0.29) is 39.6 Å². The molecule has 0 saturated heterocycles. The van der Waals surface area contributed by atoms with Crippen molar-refractivity contribution in [3.05, 3.63) is 94.7 Å². The van der Waals surface area contributed by atoms with E-state index >= 15 is 8.78 Å². The molecule has 206 valence electrons. The van der Waals surface area contributed by atoms with Crippen LogP contribution in [0.1, 0.15) is 17.1 Å². The van der Waals surface area contributed by atoms with Crippen LogP contribution in [-0.2, 0) is 21.2 Å². The van der Waals surface area contributed by atoms with E-state index < -0.39 is 21.5 Å². The Morgan fingerprint density at radius 3 is 2.27 bits per heavy atom. The van der Waals surface area contributed by atoms with Crippen molar-refractivity contribution in [3.63, 3.8) is 0 Å². The predicted octanol–water partition coefficient (Wildman–Crippen LogP) is 5.89. The zero-order valence-corrected chi connectivity index (χ0v) is 23.6. The molecule has 0 N–H and O–H groups in total. The van der Waals surface area contributed by atoms with Crippen molar-refractivity contribution in [2.24, 2.45) is 0 Å². The highest BCUT2D eigenvalue weighted by molar-refractivity contribution is 7.90. The lowest BCUT2D eigenvalue weighted by atomic mass is 10.0. The molecular formula is C28H24ClF2N5O3S. The zero-order chi connectivity index (χ0) is 28.8. The molecule has 0 fully saturated rings. The first kappa shape index (κ1) is 27.6. The predicted molar refractivity (Wildman–Crippen MR) is 148 cm³/mol. The molecule has 0 spiro atoms. The minimum Gasteiger partial charge on any atom is -0.380 e. The third-order valence-electron chi connectivity index (χ3n) is 6.38. The summed E-state index contributed by atoms with van der Waals surface area (Å²) in [7, 11) is -2.49. The highest BCUT2D eigenvalue weighted by Crippen LogP contribution is 2.35. The lowest BCUT2D eigenvalue weighted by molar-refractivity contribution is 0.179. The van der Waals surface area contributed by atoms with Crippen molar-refractivity contribution in [1.82, 2.24) is 24.5 Å². The molecule has 5 aromatic rings. The molecule has 0 aliphatic heterocycles. The average molecular weight is 584 g/mol. The highest BCUT2D eigenvalue weighted by atomic mass is 35.5. The smallest absolute Gasteiger partial charge is 0.176 e. The van der Waals surface area contributed by atoms with Crippen LogP contribution in [0, 0.1) is 25.5 Å². The summed E-state index contributed by atoms with van der Waals surface area (Å²) in [6.07, 6.45) is 4.21. The lowest BCUT2D eigenvalue weighted by Gasteiger charge is -2.18. The molecule has 0 aliphatic rings. The molecule has 3 aromatic carbocycles. The van der Waals surface area contributed by atoms with Crippen molar-refractivity contribution in [2.45, 2.75) is 25.3 Å². The summed E-state index contributed by atoms with van der Waals surface area (Å²) in [6, 6.07) is 12.3. The molecule has 2 aromatic heterocycles. The molecular weight excluding hydrogens is 560 g/mol. The van der Waals surface area contributed by atoms with Crippen LogP contribution >= 0.6 is 11.6 Å². The van der Waals surface area contributed by atoms with Gasteiger partial charge in [-0.3, -0.25) is 4.57 Å². The van der Waals surface area contributed by atoms with Gasteiger partial charge in [-0.05, 0) is 61.4 Å². The maximum Gasteiger partial charge on any atom is 0.176 e. The van der Waals surface area contributed by atoms with E-state index in [2.05, 4.69) is 15.3 Å². The largest absolute Gasteiger partial charge is 0.380 e. The summed E-state index contributed by atoms with van der Waals surface area (Å²) < 4.78 is 64.5. The maximum atomic E-state index is 16.1. The molecule has 0 atom stereocenters. The van der Waals surface area contributed by atoms with Gasteiger partial charge in [-0.15, -0.1) is 5.10 Å². The van der Waals surface area contributed by atoms with Crippen LogP contribution in [0.4, 0.5) is 8.78 Å². The summed E-state index contributed by atoms with van der Waals surface area (Å²) >= 11 is 6.07. The number of halogens is 3. The van der Waals surface area contributed by atoms with Crippen molar-refractivity contribution in [2.75, 3.05) is 13.4 Å². The Labute approximate surface area is 234 Å². The van der Waals surface area contributed by atoms with Crippen LogP contribution in [0.25, 0.3) is 33.8 Å². The van der Waals surface area contributed by atoms with Crippen LogP contribution in [0.5, 0.6) is 0 Å². The number of benzene rings is 3. The molecule has 0 bridgehead atoms. The minimum absolute atomic E-state index is 0.100. The van der Waals surface area contributed by atoms with Crippen LogP contribution in [-0.4, -0.2) is 46.3 Å². The molecule has 5 rings (SSSR count). The molecule has 2 heterocycles. The van der Waals surface area contributed by atoms with Gasteiger partial charge in [-0.2, -0.15) is 0 Å². The van der Waals surface area contributed by atoms with E-state index in [9.17, 15) is 8.42 Å². The van der Waals surface area contributed by atoms with Gasteiger partial charge >= 0.3 is 0 Å². The van der Waals surface area contributed by atoms with Gasteiger partial charge in [0.1, 0.15) is 23.1 Å². The number of hydrogen-bond acceptors (Lipinski definition) is 6. The molecule has 0 unspecified atom stereocenters. The third kappa shape index (κ3) is 5.15. The summed E-state index contributed by atoms with van der Waals surface area (Å²) in [4.78, 5) is 4.17.